The van der Waals surface area contributed by atoms with Gasteiger partial charge in [0.25, 0.3) is 5.91 Å². The normalized spacial score (nSPS) is 15.2. The third kappa shape index (κ3) is 6.27. The van der Waals surface area contributed by atoms with E-state index in [1.807, 2.05) is 48.5 Å². The number of phenols is 1. The summed E-state index contributed by atoms with van der Waals surface area (Å²) >= 11 is 0. The number of nitrogens with zero attached hydrogens (tertiary/aromatic N) is 1. The molecule has 2 N–H and O–H groups in total. The third-order valence-electron chi connectivity index (χ3n) is 6.83. The Hall–Kier alpha value is -3.11. The molecular weight excluding hydrogens is 420 g/mol. The summed E-state index contributed by atoms with van der Waals surface area (Å²) < 4.78 is 0. The second-order valence-corrected chi connectivity index (χ2v) is 9.29. The highest BCUT2D eigenvalue weighted by molar-refractivity contribution is 5.94. The first-order valence-electron chi connectivity index (χ1n) is 12.6. The molecule has 4 nitrogen and oxygen atoms in total. The van der Waals surface area contributed by atoms with Crippen molar-refractivity contribution in [3.63, 3.8) is 0 Å². The number of carbonyl (C=O) groups excluding carboxylic acids is 1. The number of fused-ring (bicyclic) bond motifs is 1. The third-order valence-corrected chi connectivity index (χ3v) is 6.83. The van der Waals surface area contributed by atoms with E-state index in [1.165, 1.54) is 17.5 Å². The Morgan fingerprint density at radius 1 is 0.941 bits per heavy atom. The smallest absolute Gasteiger partial charge is 0.251 e. The van der Waals surface area contributed by atoms with E-state index in [0.717, 1.165) is 56.3 Å². The van der Waals surface area contributed by atoms with Gasteiger partial charge in [-0.2, -0.15) is 0 Å². The van der Waals surface area contributed by atoms with Crippen molar-refractivity contribution in [1.29, 1.82) is 0 Å². The minimum atomic E-state index is -0.00581. The van der Waals surface area contributed by atoms with Crippen LogP contribution in [0.15, 0.2) is 72.8 Å². The number of amides is 1. The molecule has 3 aromatic rings. The molecule has 0 aliphatic heterocycles. The van der Waals surface area contributed by atoms with Crippen LogP contribution in [0.25, 0.3) is 11.1 Å². The van der Waals surface area contributed by atoms with Crippen LogP contribution in [0.4, 0.5) is 0 Å². The van der Waals surface area contributed by atoms with Crippen LogP contribution in [-0.4, -0.2) is 41.6 Å². The van der Waals surface area contributed by atoms with Crippen molar-refractivity contribution in [2.75, 3.05) is 19.6 Å². The molecule has 34 heavy (non-hydrogen) atoms. The Morgan fingerprint density at radius 2 is 1.71 bits per heavy atom. The fraction of sp³-hybridized carbons (Fsp3) is 0.367. The largest absolute Gasteiger partial charge is 0.508 e. The maximum atomic E-state index is 12.5. The van der Waals surface area contributed by atoms with Gasteiger partial charge in [0.1, 0.15) is 5.75 Å². The fourth-order valence-corrected chi connectivity index (χ4v) is 4.99. The molecule has 0 fully saturated rings. The molecule has 1 amide bonds. The summed E-state index contributed by atoms with van der Waals surface area (Å²) in [5.74, 6) is 0.362. The van der Waals surface area contributed by atoms with Crippen LogP contribution in [-0.2, 0) is 12.8 Å². The second kappa shape index (κ2) is 11.8. The zero-order chi connectivity index (χ0) is 23.8. The molecule has 0 saturated heterocycles. The Morgan fingerprint density at radius 3 is 2.47 bits per heavy atom. The Labute approximate surface area is 203 Å². The van der Waals surface area contributed by atoms with Gasteiger partial charge < -0.3 is 15.3 Å². The summed E-state index contributed by atoms with van der Waals surface area (Å²) in [6.07, 6.45) is 6.44. The summed E-state index contributed by atoms with van der Waals surface area (Å²) in [4.78, 5) is 15.2. The van der Waals surface area contributed by atoms with Crippen LogP contribution >= 0.6 is 0 Å². The molecule has 178 valence electrons. The molecule has 0 spiro atoms. The first kappa shape index (κ1) is 24.0. The number of aromatic hydroxyl groups is 1. The van der Waals surface area contributed by atoms with Gasteiger partial charge in [0.15, 0.2) is 0 Å². The van der Waals surface area contributed by atoms with Crippen molar-refractivity contribution in [1.82, 2.24) is 10.2 Å². The van der Waals surface area contributed by atoms with Gasteiger partial charge >= 0.3 is 0 Å². The average Bonchev–Trinajstić information content (AvgIpc) is 2.88. The molecule has 1 unspecified atom stereocenters. The first-order valence-corrected chi connectivity index (χ1v) is 12.6. The van der Waals surface area contributed by atoms with E-state index in [-0.39, 0.29) is 5.91 Å². The van der Waals surface area contributed by atoms with Crippen molar-refractivity contribution < 1.29 is 9.90 Å². The zero-order valence-electron chi connectivity index (χ0n) is 20.2. The number of benzene rings is 3. The number of hydrogen-bond acceptors (Lipinski definition) is 3. The number of rotatable bonds is 10. The Bertz CT molecular complexity index is 1060. The molecule has 0 aromatic heterocycles. The van der Waals surface area contributed by atoms with Crippen LogP contribution in [0.3, 0.4) is 0 Å². The van der Waals surface area contributed by atoms with Crippen molar-refractivity contribution in [2.45, 2.75) is 51.5 Å². The Balaban J connectivity index is 1.22. The average molecular weight is 457 g/mol. The molecule has 4 rings (SSSR count). The van der Waals surface area contributed by atoms with E-state index in [1.54, 1.807) is 6.07 Å². The van der Waals surface area contributed by atoms with Gasteiger partial charge in [0, 0.05) is 18.2 Å². The molecule has 1 atom stereocenters. The number of unbranched alkanes of at least 4 members (excludes halogenated alkanes) is 1. The molecular formula is C30H36N2O2. The Kier molecular flexibility index (Phi) is 8.37. The van der Waals surface area contributed by atoms with Gasteiger partial charge in [0.2, 0.25) is 0 Å². The molecule has 4 heteroatoms. The molecule has 1 aliphatic rings. The zero-order valence-corrected chi connectivity index (χ0v) is 20.2. The lowest BCUT2D eigenvalue weighted by atomic mass is 9.87. The van der Waals surface area contributed by atoms with Crippen LogP contribution in [0.1, 0.15) is 54.1 Å². The highest BCUT2D eigenvalue weighted by Gasteiger charge is 2.23. The highest BCUT2D eigenvalue weighted by Crippen LogP contribution is 2.28. The number of hydrogen-bond donors (Lipinski definition) is 2. The van der Waals surface area contributed by atoms with E-state index in [4.69, 9.17) is 0 Å². The van der Waals surface area contributed by atoms with E-state index in [2.05, 4.69) is 35.3 Å². The van der Waals surface area contributed by atoms with Crippen LogP contribution in [0, 0.1) is 0 Å². The standard InChI is InChI=1S/C30H36N2O2/c1-2-19-32(28-16-14-25-15-17-29(33)22-27(25)21-28)20-7-6-18-31-30(34)26-12-10-24(11-13-26)23-8-4-3-5-9-23/h3-5,8-13,15,17,22,28,33H,2,6-7,14,16,18-21H2,1H3,(H,31,34). The number of aryl methyl sites for hydroxylation is 1. The predicted octanol–water partition coefficient (Wildman–Crippen LogP) is 5.84. The van der Waals surface area contributed by atoms with Gasteiger partial charge in [-0.05, 0) is 98.1 Å². The lowest BCUT2D eigenvalue weighted by Gasteiger charge is -2.35. The van der Waals surface area contributed by atoms with Crippen LogP contribution in [0.2, 0.25) is 0 Å². The van der Waals surface area contributed by atoms with Gasteiger partial charge in [0.05, 0.1) is 0 Å². The summed E-state index contributed by atoms with van der Waals surface area (Å²) in [6, 6.07) is 24.4. The van der Waals surface area contributed by atoms with Crippen molar-refractivity contribution >= 4 is 5.91 Å². The molecule has 0 bridgehead atoms. The molecule has 1 aliphatic carbocycles. The monoisotopic (exact) mass is 456 g/mol. The molecule has 0 saturated carbocycles. The quantitative estimate of drug-likeness (QED) is 0.377. The van der Waals surface area contributed by atoms with E-state index in [9.17, 15) is 9.90 Å². The van der Waals surface area contributed by atoms with E-state index >= 15 is 0 Å². The molecule has 0 radical (unpaired) electrons. The summed E-state index contributed by atoms with van der Waals surface area (Å²) in [7, 11) is 0. The van der Waals surface area contributed by atoms with Gasteiger partial charge in [-0.25, -0.2) is 0 Å². The highest BCUT2D eigenvalue weighted by atomic mass is 16.3. The van der Waals surface area contributed by atoms with Gasteiger partial charge in [-0.1, -0.05) is 55.5 Å². The number of phenolic OH excluding ortho intramolecular Hbond substituents is 1. The fourth-order valence-electron chi connectivity index (χ4n) is 4.99. The molecule has 3 aromatic carbocycles. The van der Waals surface area contributed by atoms with Gasteiger partial charge in [-0.15, -0.1) is 0 Å². The summed E-state index contributed by atoms with van der Waals surface area (Å²) in [5, 5.41) is 12.9. The van der Waals surface area contributed by atoms with E-state index in [0.29, 0.717) is 23.9 Å². The SMILES string of the molecule is CCCN(CCCCNC(=O)c1ccc(-c2ccccc2)cc1)C1CCc2ccc(O)cc2C1. The van der Waals surface area contributed by atoms with Crippen molar-refractivity contribution in [3.05, 3.63) is 89.5 Å². The van der Waals surface area contributed by atoms with Crippen LogP contribution in [0.5, 0.6) is 5.75 Å². The summed E-state index contributed by atoms with van der Waals surface area (Å²) in [5.41, 5.74) is 5.65. The maximum Gasteiger partial charge on any atom is 0.251 e. The first-order chi connectivity index (χ1) is 16.6. The number of carbonyl (C=O) groups is 1. The molecule has 0 heterocycles. The van der Waals surface area contributed by atoms with E-state index < -0.39 is 0 Å². The predicted molar refractivity (Wildman–Crippen MR) is 139 cm³/mol. The van der Waals surface area contributed by atoms with Crippen LogP contribution < -0.4 is 5.32 Å². The summed E-state index contributed by atoms with van der Waals surface area (Å²) in [6.45, 7) is 5.08. The lowest BCUT2D eigenvalue weighted by molar-refractivity contribution is 0.0952. The van der Waals surface area contributed by atoms with Crippen molar-refractivity contribution in [3.8, 4) is 16.9 Å². The topological polar surface area (TPSA) is 52.6 Å². The minimum Gasteiger partial charge on any atom is -0.508 e. The second-order valence-electron chi connectivity index (χ2n) is 9.29. The lowest BCUT2D eigenvalue weighted by Crippen LogP contribution is -2.40. The minimum absolute atomic E-state index is 0.00581. The van der Waals surface area contributed by atoms with Gasteiger partial charge in [-0.3, -0.25) is 4.79 Å². The number of nitrogens with one attached hydrogen (secondary N) is 1. The van der Waals surface area contributed by atoms with Crippen molar-refractivity contribution in [2.24, 2.45) is 0 Å². The maximum absolute atomic E-state index is 12.5.